The molecule has 2 aromatic heterocycles. The Hall–Kier alpha value is -1.82. The van der Waals surface area contributed by atoms with Crippen molar-refractivity contribution in [1.82, 2.24) is 15.0 Å². The number of pyridine rings is 1. The lowest BCUT2D eigenvalue weighted by molar-refractivity contribution is 0.494. The summed E-state index contributed by atoms with van der Waals surface area (Å²) in [6.45, 7) is 7.97. The van der Waals surface area contributed by atoms with E-state index in [1.807, 2.05) is 12.1 Å². The Balaban J connectivity index is 1.98. The van der Waals surface area contributed by atoms with Crippen molar-refractivity contribution in [2.24, 2.45) is 0 Å². The minimum absolute atomic E-state index is 0.133. The molecule has 0 saturated carbocycles. The molecule has 2 aromatic rings. The first-order chi connectivity index (χ1) is 12.1. The van der Waals surface area contributed by atoms with Gasteiger partial charge in [0.2, 0.25) is 0 Å². The molecule has 1 aliphatic heterocycles. The molecule has 0 amide bonds. The van der Waals surface area contributed by atoms with Crippen molar-refractivity contribution in [1.29, 1.82) is 0 Å². The summed E-state index contributed by atoms with van der Waals surface area (Å²) in [4.78, 5) is 15.9. The topological polar surface area (TPSA) is 59.0 Å². The highest BCUT2D eigenvalue weighted by Crippen LogP contribution is 2.31. The molecule has 0 spiro atoms. The Morgan fingerprint density at radius 3 is 2.52 bits per heavy atom. The van der Waals surface area contributed by atoms with Crippen molar-refractivity contribution in [3.8, 4) is 11.4 Å². The molecule has 1 saturated heterocycles. The second kappa shape index (κ2) is 7.60. The Morgan fingerprint density at radius 1 is 1.16 bits per heavy atom. The summed E-state index contributed by atoms with van der Waals surface area (Å²) in [5.41, 5.74) is 2.01. The molecule has 0 radical (unpaired) electrons. The number of hydrogen-bond donors (Lipinski definition) is 0. The third-order valence-electron chi connectivity index (χ3n) is 5.19. The minimum atomic E-state index is -0.773. The molecule has 134 valence electrons. The molecule has 1 unspecified atom stereocenters. The van der Waals surface area contributed by atoms with Crippen molar-refractivity contribution in [2.75, 3.05) is 23.7 Å². The summed E-state index contributed by atoms with van der Waals surface area (Å²) in [5.74, 6) is 2.39. The van der Waals surface area contributed by atoms with Crippen LogP contribution in [0.25, 0.3) is 11.4 Å². The summed E-state index contributed by atoms with van der Waals surface area (Å²) < 4.78 is 12.5. The van der Waals surface area contributed by atoms with Crippen LogP contribution >= 0.6 is 0 Å². The number of aryl methyl sites for hydroxylation is 1. The molecule has 1 atom stereocenters. The third kappa shape index (κ3) is 3.59. The maximum absolute atomic E-state index is 12.6. The largest absolute Gasteiger partial charge is 0.354 e. The minimum Gasteiger partial charge on any atom is -0.354 e. The zero-order valence-electron chi connectivity index (χ0n) is 15.2. The quantitative estimate of drug-likeness (QED) is 0.821. The molecule has 1 aliphatic rings. The Morgan fingerprint density at radius 2 is 1.88 bits per heavy atom. The molecule has 5 nitrogen and oxygen atoms in total. The van der Waals surface area contributed by atoms with Gasteiger partial charge in [-0.25, -0.2) is 9.97 Å². The van der Waals surface area contributed by atoms with Gasteiger partial charge >= 0.3 is 0 Å². The van der Waals surface area contributed by atoms with Gasteiger partial charge in [0, 0.05) is 59.4 Å². The lowest BCUT2D eigenvalue weighted by Gasteiger charge is -2.41. The summed E-state index contributed by atoms with van der Waals surface area (Å²) in [6, 6.07) is 5.95. The zero-order chi connectivity index (χ0) is 17.9. The van der Waals surface area contributed by atoms with Crippen molar-refractivity contribution in [3.05, 3.63) is 36.3 Å². The number of rotatable bonds is 5. The van der Waals surface area contributed by atoms with E-state index in [2.05, 4.69) is 41.7 Å². The normalized spacial score (nSPS) is 19.8. The standard InChI is InChI=1S/C19H26N4OS/c1-4-16-13-17(22-18(21-16)15-7-9-20-10-8-15)23-11-12-25(24)19(5-2,6-3)14-23/h7-10,13H,4-6,11-12,14H2,1-3H3. The number of aromatic nitrogens is 3. The number of anilines is 1. The predicted octanol–water partition coefficient (Wildman–Crippen LogP) is 3.23. The Kier molecular flexibility index (Phi) is 5.47. The van der Waals surface area contributed by atoms with Crippen molar-refractivity contribution < 1.29 is 4.21 Å². The van der Waals surface area contributed by atoms with Crippen LogP contribution in [0.1, 0.15) is 39.3 Å². The van der Waals surface area contributed by atoms with E-state index >= 15 is 0 Å². The fraction of sp³-hybridized carbons (Fsp3) is 0.526. The van der Waals surface area contributed by atoms with E-state index in [1.54, 1.807) is 12.4 Å². The van der Waals surface area contributed by atoms with Gasteiger partial charge < -0.3 is 4.90 Å². The lowest BCUT2D eigenvalue weighted by Crippen LogP contribution is -2.53. The van der Waals surface area contributed by atoms with Crippen LogP contribution in [0.5, 0.6) is 0 Å². The van der Waals surface area contributed by atoms with Gasteiger partial charge in [0.1, 0.15) is 5.82 Å². The predicted molar refractivity (Wildman–Crippen MR) is 103 cm³/mol. The fourth-order valence-electron chi connectivity index (χ4n) is 3.36. The molecule has 6 heteroatoms. The second-order valence-corrected chi connectivity index (χ2v) is 8.46. The first kappa shape index (κ1) is 18.0. The van der Waals surface area contributed by atoms with E-state index in [1.165, 1.54) is 0 Å². The third-order valence-corrected chi connectivity index (χ3v) is 7.41. The highest BCUT2D eigenvalue weighted by Gasteiger charge is 2.39. The van der Waals surface area contributed by atoms with Gasteiger partial charge in [0.15, 0.2) is 5.82 Å². The molecule has 25 heavy (non-hydrogen) atoms. The smallest absolute Gasteiger partial charge is 0.161 e. The highest BCUT2D eigenvalue weighted by molar-refractivity contribution is 7.86. The SMILES string of the molecule is CCc1cc(N2CCS(=O)C(CC)(CC)C2)nc(-c2ccncc2)n1. The number of nitrogens with zero attached hydrogens (tertiary/aromatic N) is 4. The molecular weight excluding hydrogens is 332 g/mol. The summed E-state index contributed by atoms with van der Waals surface area (Å²) in [5, 5.41) is 0. The van der Waals surface area contributed by atoms with Gasteiger partial charge in [-0.15, -0.1) is 0 Å². The van der Waals surface area contributed by atoms with Crippen molar-refractivity contribution >= 4 is 16.6 Å². The average molecular weight is 359 g/mol. The molecule has 0 aromatic carbocycles. The van der Waals surface area contributed by atoms with Gasteiger partial charge in [-0.3, -0.25) is 9.19 Å². The number of hydrogen-bond acceptors (Lipinski definition) is 5. The van der Waals surface area contributed by atoms with Crippen LogP contribution in [0.3, 0.4) is 0 Å². The maximum Gasteiger partial charge on any atom is 0.161 e. The monoisotopic (exact) mass is 358 g/mol. The molecular formula is C19H26N4OS. The first-order valence-electron chi connectivity index (χ1n) is 9.03. The van der Waals surface area contributed by atoms with Crippen LogP contribution < -0.4 is 4.90 Å². The zero-order valence-corrected chi connectivity index (χ0v) is 16.1. The van der Waals surface area contributed by atoms with Gasteiger partial charge in [-0.1, -0.05) is 20.8 Å². The van der Waals surface area contributed by atoms with Crippen LogP contribution in [0.2, 0.25) is 0 Å². The fourth-order valence-corrected chi connectivity index (χ4v) is 5.12. The molecule has 0 bridgehead atoms. The maximum atomic E-state index is 12.6. The van der Waals surface area contributed by atoms with Crippen LogP contribution in [0, 0.1) is 0 Å². The highest BCUT2D eigenvalue weighted by atomic mass is 32.2. The van der Waals surface area contributed by atoms with Gasteiger partial charge in [-0.05, 0) is 31.4 Å². The average Bonchev–Trinajstić information content (AvgIpc) is 2.69. The molecule has 0 aliphatic carbocycles. The van der Waals surface area contributed by atoms with Gasteiger partial charge in [0.05, 0.1) is 4.75 Å². The van der Waals surface area contributed by atoms with Crippen molar-refractivity contribution in [3.63, 3.8) is 0 Å². The van der Waals surface area contributed by atoms with E-state index in [4.69, 9.17) is 4.98 Å². The molecule has 3 rings (SSSR count). The van der Waals surface area contributed by atoms with E-state index < -0.39 is 10.8 Å². The second-order valence-electron chi connectivity index (χ2n) is 6.49. The van der Waals surface area contributed by atoms with E-state index in [0.717, 1.165) is 55.3 Å². The Labute approximate surface area is 152 Å². The Bertz CT molecular complexity index is 746. The van der Waals surface area contributed by atoms with E-state index in [9.17, 15) is 4.21 Å². The van der Waals surface area contributed by atoms with Crippen molar-refractivity contribution in [2.45, 2.75) is 44.8 Å². The van der Waals surface area contributed by atoms with E-state index in [0.29, 0.717) is 5.75 Å². The van der Waals surface area contributed by atoms with Crippen LogP contribution in [-0.4, -0.2) is 42.8 Å². The summed E-state index contributed by atoms with van der Waals surface area (Å²) >= 11 is 0. The lowest BCUT2D eigenvalue weighted by atomic mass is 10.0. The molecule has 1 fully saturated rings. The van der Waals surface area contributed by atoms with Crippen LogP contribution in [0.4, 0.5) is 5.82 Å². The molecule has 0 N–H and O–H groups in total. The first-order valence-corrected chi connectivity index (χ1v) is 10.4. The summed E-state index contributed by atoms with van der Waals surface area (Å²) in [7, 11) is -0.773. The van der Waals surface area contributed by atoms with E-state index in [-0.39, 0.29) is 4.75 Å². The van der Waals surface area contributed by atoms with Gasteiger partial charge in [0.25, 0.3) is 0 Å². The van der Waals surface area contributed by atoms with Gasteiger partial charge in [-0.2, -0.15) is 0 Å². The van der Waals surface area contributed by atoms with Crippen LogP contribution in [0.15, 0.2) is 30.6 Å². The van der Waals surface area contributed by atoms with Crippen LogP contribution in [-0.2, 0) is 17.2 Å². The molecule has 3 heterocycles. The summed E-state index contributed by atoms with van der Waals surface area (Å²) in [6.07, 6.45) is 6.24.